The van der Waals surface area contributed by atoms with Crippen LogP contribution in [0.15, 0.2) is 12.4 Å². The number of likely N-dealkylation sites (N-methyl/N-ethyl adjacent to an activating group) is 1. The van der Waals surface area contributed by atoms with Gasteiger partial charge < -0.3 is 10.2 Å². The summed E-state index contributed by atoms with van der Waals surface area (Å²) in [6.07, 6.45) is 6.18. The van der Waals surface area contributed by atoms with Crippen molar-refractivity contribution < 1.29 is 9.59 Å². The molecular weight excluding hydrogens is 268 g/mol. The molecule has 2 fully saturated rings. The summed E-state index contributed by atoms with van der Waals surface area (Å²) >= 11 is 0. The van der Waals surface area contributed by atoms with E-state index in [1.165, 1.54) is 0 Å². The minimum absolute atomic E-state index is 0.0843. The molecule has 1 aromatic rings. The molecule has 21 heavy (non-hydrogen) atoms. The van der Waals surface area contributed by atoms with Crippen molar-refractivity contribution in [3.05, 3.63) is 18.0 Å². The Morgan fingerprint density at radius 3 is 2.95 bits per heavy atom. The Labute approximate surface area is 124 Å². The smallest absolute Gasteiger partial charge is 0.244 e. The minimum atomic E-state index is 0.0843. The van der Waals surface area contributed by atoms with Gasteiger partial charge in [0.25, 0.3) is 0 Å². The molecule has 114 valence electrons. The van der Waals surface area contributed by atoms with Crippen LogP contribution in [0.1, 0.15) is 24.8 Å². The number of rotatable bonds is 3. The zero-order valence-electron chi connectivity index (χ0n) is 12.6. The normalized spacial score (nSPS) is 28.1. The van der Waals surface area contributed by atoms with Crippen LogP contribution in [0.5, 0.6) is 0 Å². The van der Waals surface area contributed by atoms with E-state index < -0.39 is 0 Å². The van der Waals surface area contributed by atoms with E-state index in [1.54, 1.807) is 10.9 Å². The molecule has 1 saturated carbocycles. The number of carbonyl (C=O) groups is 2. The van der Waals surface area contributed by atoms with E-state index >= 15 is 0 Å². The van der Waals surface area contributed by atoms with E-state index in [1.807, 2.05) is 25.1 Å². The van der Waals surface area contributed by atoms with Gasteiger partial charge in [-0.3, -0.25) is 14.3 Å². The topological polar surface area (TPSA) is 67.2 Å². The van der Waals surface area contributed by atoms with Crippen molar-refractivity contribution in [2.75, 3.05) is 13.6 Å². The van der Waals surface area contributed by atoms with Crippen LogP contribution in [0.4, 0.5) is 0 Å². The van der Waals surface area contributed by atoms with Crippen molar-refractivity contribution in [1.82, 2.24) is 20.0 Å². The first-order valence-corrected chi connectivity index (χ1v) is 7.54. The molecule has 0 spiro atoms. The fourth-order valence-electron chi connectivity index (χ4n) is 3.56. The van der Waals surface area contributed by atoms with E-state index in [0.29, 0.717) is 18.3 Å². The van der Waals surface area contributed by atoms with Crippen LogP contribution < -0.4 is 5.32 Å². The van der Waals surface area contributed by atoms with Crippen LogP contribution in [0.3, 0.4) is 0 Å². The van der Waals surface area contributed by atoms with Gasteiger partial charge in [0.05, 0.1) is 6.20 Å². The highest BCUT2D eigenvalue weighted by molar-refractivity contribution is 5.77. The minimum Gasteiger partial charge on any atom is -0.356 e. The first kappa shape index (κ1) is 14.1. The molecule has 2 aliphatic rings. The maximum Gasteiger partial charge on any atom is 0.244 e. The second-order valence-corrected chi connectivity index (χ2v) is 6.37. The highest BCUT2D eigenvalue weighted by Crippen LogP contribution is 2.38. The number of nitrogens with zero attached hydrogens (tertiary/aromatic N) is 3. The third kappa shape index (κ3) is 2.94. The van der Waals surface area contributed by atoms with E-state index in [4.69, 9.17) is 0 Å². The summed E-state index contributed by atoms with van der Waals surface area (Å²) in [4.78, 5) is 25.7. The fourth-order valence-corrected chi connectivity index (χ4v) is 3.56. The summed E-state index contributed by atoms with van der Waals surface area (Å²) < 4.78 is 1.68. The summed E-state index contributed by atoms with van der Waals surface area (Å²) in [5.41, 5.74) is 1.06. The average Bonchev–Trinajstić information content (AvgIpc) is 3.03. The lowest BCUT2D eigenvalue weighted by Crippen LogP contribution is -2.38. The Balaban J connectivity index is 1.59. The number of carbonyl (C=O) groups excluding carboxylic acids is 2. The standard InChI is InChI=1S/C15H22N4O2/c1-10-6-17-19(8-10)9-15(21)18(2)13-3-11-5-14(20)16-7-12(11)4-13/h6,8,11-13H,3-5,7,9H2,1-2H3,(H,16,20)/t11-,12+,13-/m0/s1. The number of fused-ring (bicyclic) bond motifs is 1. The molecule has 1 N–H and O–H groups in total. The number of aromatic nitrogens is 2. The van der Waals surface area contributed by atoms with Gasteiger partial charge in [0.2, 0.25) is 11.8 Å². The summed E-state index contributed by atoms with van der Waals surface area (Å²) in [5, 5.41) is 7.09. The lowest BCUT2D eigenvalue weighted by Gasteiger charge is -2.24. The van der Waals surface area contributed by atoms with Crippen molar-refractivity contribution in [2.45, 2.75) is 38.8 Å². The van der Waals surface area contributed by atoms with Crippen LogP contribution in [0.25, 0.3) is 0 Å². The highest BCUT2D eigenvalue weighted by Gasteiger charge is 2.40. The lowest BCUT2D eigenvalue weighted by molar-refractivity contribution is -0.132. The quantitative estimate of drug-likeness (QED) is 0.884. The summed E-state index contributed by atoms with van der Waals surface area (Å²) in [5.74, 6) is 1.19. The van der Waals surface area contributed by atoms with Crippen LogP contribution in [0, 0.1) is 18.8 Å². The monoisotopic (exact) mass is 290 g/mol. The van der Waals surface area contributed by atoms with Gasteiger partial charge in [-0.2, -0.15) is 5.10 Å². The number of aryl methyl sites for hydroxylation is 1. The first-order valence-electron chi connectivity index (χ1n) is 7.54. The zero-order chi connectivity index (χ0) is 15.0. The first-order chi connectivity index (χ1) is 10.0. The third-order valence-corrected chi connectivity index (χ3v) is 4.83. The maximum absolute atomic E-state index is 12.4. The number of piperidine rings is 1. The molecule has 6 nitrogen and oxygen atoms in total. The van der Waals surface area contributed by atoms with Crippen LogP contribution >= 0.6 is 0 Å². The molecule has 2 amide bonds. The average molecular weight is 290 g/mol. The molecule has 0 radical (unpaired) electrons. The molecule has 0 unspecified atom stereocenters. The van der Waals surface area contributed by atoms with Crippen molar-refractivity contribution in [3.63, 3.8) is 0 Å². The summed E-state index contributed by atoms with van der Waals surface area (Å²) in [6.45, 7) is 3.01. The lowest BCUT2D eigenvalue weighted by atomic mass is 9.89. The van der Waals surface area contributed by atoms with Crippen molar-refractivity contribution in [3.8, 4) is 0 Å². The van der Waals surface area contributed by atoms with Gasteiger partial charge in [0.15, 0.2) is 0 Å². The Hall–Kier alpha value is -1.85. The Kier molecular flexibility index (Phi) is 3.69. The third-order valence-electron chi connectivity index (χ3n) is 4.83. The number of amides is 2. The Morgan fingerprint density at radius 2 is 2.24 bits per heavy atom. The summed E-state index contributed by atoms with van der Waals surface area (Å²) in [6, 6.07) is 0.247. The van der Waals surface area contributed by atoms with Crippen LogP contribution in [-0.2, 0) is 16.1 Å². The molecule has 6 heteroatoms. The van der Waals surface area contributed by atoms with Crippen molar-refractivity contribution in [2.24, 2.45) is 11.8 Å². The van der Waals surface area contributed by atoms with Gasteiger partial charge in [-0.25, -0.2) is 0 Å². The van der Waals surface area contributed by atoms with E-state index in [9.17, 15) is 9.59 Å². The molecule has 3 atom stereocenters. The molecule has 1 aliphatic carbocycles. The summed E-state index contributed by atoms with van der Waals surface area (Å²) in [7, 11) is 1.87. The van der Waals surface area contributed by atoms with Gasteiger partial charge in [-0.15, -0.1) is 0 Å². The Bertz CT molecular complexity index is 554. The van der Waals surface area contributed by atoms with Gasteiger partial charge in [-0.05, 0) is 37.2 Å². The predicted octanol–water partition coefficient (Wildman–Crippen LogP) is 0.565. The van der Waals surface area contributed by atoms with E-state index in [0.717, 1.165) is 24.9 Å². The fraction of sp³-hybridized carbons (Fsp3) is 0.667. The van der Waals surface area contributed by atoms with Gasteiger partial charge >= 0.3 is 0 Å². The molecule has 0 bridgehead atoms. The van der Waals surface area contributed by atoms with E-state index in [-0.39, 0.29) is 24.4 Å². The van der Waals surface area contributed by atoms with E-state index in [2.05, 4.69) is 10.4 Å². The molecule has 1 aromatic heterocycles. The van der Waals surface area contributed by atoms with Crippen LogP contribution in [-0.4, -0.2) is 46.1 Å². The number of hydrogen-bond acceptors (Lipinski definition) is 3. The van der Waals surface area contributed by atoms with Crippen molar-refractivity contribution in [1.29, 1.82) is 0 Å². The second kappa shape index (κ2) is 5.50. The molecule has 1 aliphatic heterocycles. The zero-order valence-corrected chi connectivity index (χ0v) is 12.6. The molecule has 2 heterocycles. The largest absolute Gasteiger partial charge is 0.356 e. The predicted molar refractivity (Wildman–Crippen MR) is 77.4 cm³/mol. The van der Waals surface area contributed by atoms with Crippen molar-refractivity contribution >= 4 is 11.8 Å². The van der Waals surface area contributed by atoms with Gasteiger partial charge in [-0.1, -0.05) is 0 Å². The number of nitrogens with one attached hydrogen (secondary N) is 1. The van der Waals surface area contributed by atoms with Gasteiger partial charge in [0.1, 0.15) is 6.54 Å². The van der Waals surface area contributed by atoms with Gasteiger partial charge in [0, 0.05) is 32.3 Å². The molecule has 0 aromatic carbocycles. The molecule has 3 rings (SSSR count). The van der Waals surface area contributed by atoms with Crippen LogP contribution in [0.2, 0.25) is 0 Å². The second-order valence-electron chi connectivity index (χ2n) is 6.37. The SMILES string of the molecule is Cc1cnn(CC(=O)N(C)[C@H]2C[C@H]3CC(=O)NC[C@H]3C2)c1. The molecular formula is C15H22N4O2. The maximum atomic E-state index is 12.4. The highest BCUT2D eigenvalue weighted by atomic mass is 16.2. The number of hydrogen-bond donors (Lipinski definition) is 1. The molecule has 1 saturated heterocycles. The Morgan fingerprint density at radius 1 is 1.48 bits per heavy atom.